The van der Waals surface area contributed by atoms with Crippen LogP contribution < -0.4 is 10.1 Å². The number of aromatic nitrogens is 5. The minimum Gasteiger partial charge on any atom is -0.497 e. The van der Waals surface area contributed by atoms with Crippen LogP contribution in [0, 0.1) is 0 Å². The molecular formula is C14H16N6O. The molecule has 0 aliphatic carbocycles. The fourth-order valence-corrected chi connectivity index (χ4v) is 1.95. The zero-order valence-electron chi connectivity index (χ0n) is 12.1. The maximum Gasteiger partial charge on any atom is 0.225 e. The van der Waals surface area contributed by atoms with Gasteiger partial charge in [0.2, 0.25) is 5.95 Å². The molecule has 21 heavy (non-hydrogen) atoms. The van der Waals surface area contributed by atoms with Crippen LogP contribution in [0.1, 0.15) is 13.8 Å². The number of nitrogens with one attached hydrogen (secondary N) is 1. The van der Waals surface area contributed by atoms with Crippen LogP contribution in [0.25, 0.3) is 16.9 Å². The lowest BCUT2D eigenvalue weighted by Crippen LogP contribution is -2.12. The van der Waals surface area contributed by atoms with Gasteiger partial charge in [0.1, 0.15) is 5.75 Å². The van der Waals surface area contributed by atoms with Crippen molar-refractivity contribution in [1.29, 1.82) is 0 Å². The van der Waals surface area contributed by atoms with Crippen LogP contribution in [0.4, 0.5) is 5.95 Å². The molecule has 1 aromatic carbocycles. The molecule has 0 spiro atoms. The molecule has 1 N–H and O–H groups in total. The average molecular weight is 284 g/mol. The van der Waals surface area contributed by atoms with Gasteiger partial charge in [-0.2, -0.15) is 9.67 Å². The van der Waals surface area contributed by atoms with E-state index in [4.69, 9.17) is 4.74 Å². The van der Waals surface area contributed by atoms with Crippen LogP contribution in [0.15, 0.2) is 30.5 Å². The van der Waals surface area contributed by atoms with Crippen molar-refractivity contribution < 1.29 is 4.74 Å². The molecule has 3 aromatic rings. The average Bonchev–Trinajstić information content (AvgIpc) is 2.90. The van der Waals surface area contributed by atoms with E-state index in [2.05, 4.69) is 25.6 Å². The number of anilines is 1. The van der Waals surface area contributed by atoms with Crippen LogP contribution in [0.5, 0.6) is 5.75 Å². The van der Waals surface area contributed by atoms with E-state index < -0.39 is 0 Å². The van der Waals surface area contributed by atoms with Crippen LogP contribution in [0.3, 0.4) is 0 Å². The summed E-state index contributed by atoms with van der Waals surface area (Å²) < 4.78 is 6.84. The van der Waals surface area contributed by atoms with Crippen molar-refractivity contribution >= 4 is 17.1 Å². The Labute approximate surface area is 122 Å². The molecule has 0 amide bonds. The van der Waals surface area contributed by atoms with E-state index in [0.29, 0.717) is 17.1 Å². The van der Waals surface area contributed by atoms with E-state index in [0.717, 1.165) is 11.4 Å². The zero-order chi connectivity index (χ0) is 14.8. The predicted molar refractivity (Wildman–Crippen MR) is 79.8 cm³/mol. The molecule has 0 aliphatic heterocycles. The van der Waals surface area contributed by atoms with Crippen molar-refractivity contribution in [3.8, 4) is 11.4 Å². The van der Waals surface area contributed by atoms with E-state index in [1.807, 2.05) is 38.1 Å². The van der Waals surface area contributed by atoms with Gasteiger partial charge in [0.15, 0.2) is 11.2 Å². The number of nitrogens with zero attached hydrogens (tertiary/aromatic N) is 5. The van der Waals surface area contributed by atoms with Gasteiger partial charge in [-0.15, -0.1) is 5.10 Å². The number of rotatable bonds is 4. The minimum absolute atomic E-state index is 0.257. The molecular weight excluding hydrogens is 268 g/mol. The molecule has 0 atom stereocenters. The number of hydrogen-bond donors (Lipinski definition) is 1. The van der Waals surface area contributed by atoms with Gasteiger partial charge in [0.05, 0.1) is 19.0 Å². The number of benzene rings is 1. The maximum atomic E-state index is 5.16. The van der Waals surface area contributed by atoms with Gasteiger partial charge in [0, 0.05) is 6.04 Å². The van der Waals surface area contributed by atoms with Gasteiger partial charge in [-0.1, -0.05) is 5.21 Å². The van der Waals surface area contributed by atoms with E-state index in [9.17, 15) is 0 Å². The first-order valence-electron chi connectivity index (χ1n) is 6.67. The Hall–Kier alpha value is -2.70. The number of fused-ring (bicyclic) bond motifs is 1. The van der Waals surface area contributed by atoms with E-state index in [1.54, 1.807) is 18.0 Å². The standard InChI is InChI=1S/C14H16N6O/c1-9(2)16-14-15-8-12-13(17-14)20(19-18-12)10-4-6-11(21-3)7-5-10/h4-9H,1-3H3,(H,15,16,17). The summed E-state index contributed by atoms with van der Waals surface area (Å²) in [6.07, 6.45) is 1.67. The summed E-state index contributed by atoms with van der Waals surface area (Å²) in [5.41, 5.74) is 2.19. The van der Waals surface area contributed by atoms with Gasteiger partial charge in [-0.25, -0.2) is 4.98 Å². The highest BCUT2D eigenvalue weighted by Gasteiger charge is 2.10. The summed E-state index contributed by atoms with van der Waals surface area (Å²) in [7, 11) is 1.64. The minimum atomic E-state index is 0.257. The number of hydrogen-bond acceptors (Lipinski definition) is 6. The Morgan fingerprint density at radius 1 is 1.19 bits per heavy atom. The molecule has 3 rings (SSSR count). The molecule has 0 saturated heterocycles. The van der Waals surface area contributed by atoms with Gasteiger partial charge < -0.3 is 10.1 Å². The fourth-order valence-electron chi connectivity index (χ4n) is 1.95. The highest BCUT2D eigenvalue weighted by molar-refractivity contribution is 5.72. The Balaban J connectivity index is 2.04. The van der Waals surface area contributed by atoms with Crippen LogP contribution in [-0.2, 0) is 0 Å². The Morgan fingerprint density at radius 2 is 1.95 bits per heavy atom. The molecule has 0 saturated carbocycles. The monoisotopic (exact) mass is 284 g/mol. The van der Waals surface area contributed by atoms with Crippen molar-refractivity contribution in [2.45, 2.75) is 19.9 Å². The lowest BCUT2D eigenvalue weighted by atomic mass is 10.3. The summed E-state index contributed by atoms with van der Waals surface area (Å²) in [6, 6.07) is 7.82. The largest absolute Gasteiger partial charge is 0.497 e. The summed E-state index contributed by atoms with van der Waals surface area (Å²) in [6.45, 7) is 4.07. The summed E-state index contributed by atoms with van der Waals surface area (Å²) in [5.74, 6) is 1.36. The first kappa shape index (κ1) is 13.3. The second-order valence-corrected chi connectivity index (χ2v) is 4.90. The number of methoxy groups -OCH3 is 1. The SMILES string of the molecule is COc1ccc(-n2nnc3cnc(NC(C)C)nc32)cc1. The van der Waals surface area contributed by atoms with Gasteiger partial charge in [-0.3, -0.25) is 0 Å². The summed E-state index contributed by atoms with van der Waals surface area (Å²) >= 11 is 0. The Morgan fingerprint density at radius 3 is 2.62 bits per heavy atom. The lowest BCUT2D eigenvalue weighted by Gasteiger charge is -2.08. The molecule has 7 heteroatoms. The molecule has 0 radical (unpaired) electrons. The van der Waals surface area contributed by atoms with Crippen molar-refractivity contribution in [2.75, 3.05) is 12.4 Å². The van der Waals surface area contributed by atoms with Gasteiger partial charge in [0.25, 0.3) is 0 Å². The lowest BCUT2D eigenvalue weighted by molar-refractivity contribution is 0.414. The van der Waals surface area contributed by atoms with Gasteiger partial charge in [-0.05, 0) is 38.1 Å². The first-order valence-corrected chi connectivity index (χ1v) is 6.67. The second kappa shape index (κ2) is 5.35. The highest BCUT2D eigenvalue weighted by atomic mass is 16.5. The molecule has 108 valence electrons. The van der Waals surface area contributed by atoms with Gasteiger partial charge >= 0.3 is 0 Å². The quantitative estimate of drug-likeness (QED) is 0.790. The highest BCUT2D eigenvalue weighted by Crippen LogP contribution is 2.18. The molecule has 0 unspecified atom stereocenters. The summed E-state index contributed by atoms with van der Waals surface area (Å²) in [5, 5.41) is 11.4. The second-order valence-electron chi connectivity index (χ2n) is 4.90. The smallest absolute Gasteiger partial charge is 0.225 e. The van der Waals surface area contributed by atoms with Crippen molar-refractivity contribution in [2.24, 2.45) is 0 Å². The van der Waals surface area contributed by atoms with Crippen LogP contribution in [-0.4, -0.2) is 38.1 Å². The van der Waals surface area contributed by atoms with Crippen LogP contribution >= 0.6 is 0 Å². The van der Waals surface area contributed by atoms with Crippen molar-refractivity contribution in [3.63, 3.8) is 0 Å². The van der Waals surface area contributed by atoms with Crippen molar-refractivity contribution in [3.05, 3.63) is 30.5 Å². The zero-order valence-corrected chi connectivity index (χ0v) is 12.1. The van der Waals surface area contributed by atoms with E-state index in [-0.39, 0.29) is 6.04 Å². The first-order chi connectivity index (χ1) is 10.2. The van der Waals surface area contributed by atoms with E-state index >= 15 is 0 Å². The normalized spacial score (nSPS) is 11.0. The third kappa shape index (κ3) is 2.62. The Kier molecular flexibility index (Phi) is 3.39. The molecule has 7 nitrogen and oxygen atoms in total. The van der Waals surface area contributed by atoms with Crippen LogP contribution in [0.2, 0.25) is 0 Å². The molecule has 2 aromatic heterocycles. The predicted octanol–water partition coefficient (Wildman–Crippen LogP) is 2.04. The third-order valence-electron chi connectivity index (χ3n) is 2.93. The number of ether oxygens (including phenoxy) is 1. The maximum absolute atomic E-state index is 5.16. The molecule has 2 heterocycles. The molecule has 0 aliphatic rings. The third-order valence-corrected chi connectivity index (χ3v) is 2.93. The molecule has 0 bridgehead atoms. The molecule has 0 fully saturated rings. The van der Waals surface area contributed by atoms with E-state index in [1.165, 1.54) is 0 Å². The Bertz CT molecular complexity index is 750. The summed E-state index contributed by atoms with van der Waals surface area (Å²) in [4.78, 5) is 8.70. The van der Waals surface area contributed by atoms with Crippen molar-refractivity contribution in [1.82, 2.24) is 25.0 Å². The fraction of sp³-hybridized carbons (Fsp3) is 0.286. The topological polar surface area (TPSA) is 77.8 Å².